The van der Waals surface area contributed by atoms with E-state index in [1.54, 1.807) is 0 Å². The van der Waals surface area contributed by atoms with Crippen molar-refractivity contribution in [1.29, 1.82) is 0 Å². The van der Waals surface area contributed by atoms with E-state index in [0.29, 0.717) is 5.75 Å². The number of hydrogen-bond acceptors (Lipinski definition) is 6. The number of nitro benzene ring substituents is 1. The van der Waals surface area contributed by atoms with Gasteiger partial charge in [-0.1, -0.05) is 11.8 Å². The summed E-state index contributed by atoms with van der Waals surface area (Å²) in [4.78, 5) is 20.9. The predicted molar refractivity (Wildman–Crippen MR) is 76.5 cm³/mol. The number of aliphatic hydroxyl groups is 2. The molecule has 0 fully saturated rings. The van der Waals surface area contributed by atoms with E-state index in [1.165, 1.54) is 13.8 Å². The first-order chi connectivity index (χ1) is 9.73. The van der Waals surface area contributed by atoms with E-state index in [1.807, 2.05) is 0 Å². The minimum absolute atomic E-state index is 0.0259. The van der Waals surface area contributed by atoms with Crippen molar-refractivity contribution in [1.82, 2.24) is 0 Å². The van der Waals surface area contributed by atoms with Crippen LogP contribution in [0.15, 0.2) is 12.1 Å². The topological polar surface area (TPSA) is 101 Å². The maximum Gasteiger partial charge on any atom is 0.275 e. The number of carbonyl (C=O) groups is 1. The second-order valence-electron chi connectivity index (χ2n) is 4.54. The molecule has 21 heavy (non-hydrogen) atoms. The molecule has 8 heteroatoms. The smallest absolute Gasteiger partial charge is 0.275 e. The second-order valence-corrected chi connectivity index (χ2v) is 5.81. The molecule has 0 spiro atoms. The van der Waals surface area contributed by atoms with Crippen molar-refractivity contribution < 1.29 is 24.3 Å². The van der Waals surface area contributed by atoms with E-state index in [4.69, 9.17) is 0 Å². The molecule has 0 saturated heterocycles. The van der Waals surface area contributed by atoms with Gasteiger partial charge < -0.3 is 10.2 Å². The van der Waals surface area contributed by atoms with Crippen LogP contribution in [-0.2, 0) is 4.79 Å². The Balaban J connectivity index is 2.93. The maximum absolute atomic E-state index is 13.4. The fourth-order valence-electron chi connectivity index (χ4n) is 1.87. The minimum atomic E-state index is -1.45. The normalized spacial score (nSPS) is 13.8. The minimum Gasteiger partial charge on any atom is -0.390 e. The lowest BCUT2D eigenvalue weighted by atomic mass is 9.97. The first-order valence-electron chi connectivity index (χ1n) is 6.18. The van der Waals surface area contributed by atoms with Crippen LogP contribution in [0, 0.1) is 22.9 Å². The van der Waals surface area contributed by atoms with Crippen LogP contribution in [0.4, 0.5) is 10.1 Å². The summed E-state index contributed by atoms with van der Waals surface area (Å²) in [6.45, 7) is 2.76. The summed E-state index contributed by atoms with van der Waals surface area (Å²) in [7, 11) is 0. The molecule has 6 nitrogen and oxygen atoms in total. The Bertz CT molecular complexity index is 552. The zero-order chi connectivity index (χ0) is 16.2. The average Bonchev–Trinajstić information content (AvgIpc) is 2.39. The van der Waals surface area contributed by atoms with Gasteiger partial charge in [-0.05, 0) is 25.0 Å². The van der Waals surface area contributed by atoms with Crippen molar-refractivity contribution in [3.63, 3.8) is 0 Å². The molecule has 0 aliphatic rings. The standard InChI is InChI=1S/C13H16FNO5S/c1-7-10(5-9(14)6-11(7)15(19)20)13(18)12(17)3-4-21-8(2)16/h5-6,12-13,17-18H,3-4H2,1-2H3. The summed E-state index contributed by atoms with van der Waals surface area (Å²) in [5.41, 5.74) is -0.372. The highest BCUT2D eigenvalue weighted by Gasteiger charge is 2.25. The van der Waals surface area contributed by atoms with Gasteiger partial charge in [-0.25, -0.2) is 4.39 Å². The maximum atomic E-state index is 13.4. The molecule has 1 rings (SSSR count). The zero-order valence-electron chi connectivity index (χ0n) is 11.6. The number of thioether (sulfide) groups is 1. The summed E-state index contributed by atoms with van der Waals surface area (Å²) in [6, 6.07) is 1.73. The number of halogens is 1. The van der Waals surface area contributed by atoms with Gasteiger partial charge in [0.1, 0.15) is 11.9 Å². The van der Waals surface area contributed by atoms with Crippen molar-refractivity contribution >= 4 is 22.6 Å². The van der Waals surface area contributed by atoms with E-state index in [-0.39, 0.29) is 22.7 Å². The molecule has 2 N–H and O–H groups in total. The van der Waals surface area contributed by atoms with Gasteiger partial charge in [0.05, 0.1) is 17.1 Å². The van der Waals surface area contributed by atoms with Gasteiger partial charge >= 0.3 is 0 Å². The molecule has 1 aromatic carbocycles. The molecule has 0 aliphatic carbocycles. The molecule has 1 aromatic rings. The van der Waals surface area contributed by atoms with E-state index in [9.17, 15) is 29.5 Å². The van der Waals surface area contributed by atoms with Crippen LogP contribution in [-0.4, -0.2) is 32.1 Å². The first-order valence-corrected chi connectivity index (χ1v) is 7.16. The number of rotatable bonds is 6. The van der Waals surface area contributed by atoms with E-state index >= 15 is 0 Å². The van der Waals surface area contributed by atoms with Gasteiger partial charge in [-0.2, -0.15) is 0 Å². The SMILES string of the molecule is CC(=O)SCCC(O)C(O)c1cc(F)cc([N+](=O)[O-])c1C. The Morgan fingerprint density at radius 2 is 2.10 bits per heavy atom. The summed E-state index contributed by atoms with van der Waals surface area (Å²) < 4.78 is 13.4. The molecule has 0 aromatic heterocycles. The van der Waals surface area contributed by atoms with Crippen LogP contribution in [0.1, 0.15) is 30.6 Å². The van der Waals surface area contributed by atoms with Crippen LogP contribution in [0.5, 0.6) is 0 Å². The van der Waals surface area contributed by atoms with Gasteiger partial charge in [0.25, 0.3) is 5.69 Å². The Kier molecular flexibility index (Phi) is 6.25. The summed E-state index contributed by atoms with van der Waals surface area (Å²) in [5, 5.41) is 30.6. The molecule has 0 bridgehead atoms. The summed E-state index contributed by atoms with van der Waals surface area (Å²) in [5.74, 6) is -0.559. The molecule has 0 heterocycles. The Hall–Kier alpha value is -1.51. The lowest BCUT2D eigenvalue weighted by molar-refractivity contribution is -0.385. The Labute approximate surface area is 125 Å². The Morgan fingerprint density at radius 3 is 2.62 bits per heavy atom. The van der Waals surface area contributed by atoms with E-state index in [0.717, 1.165) is 23.9 Å². The van der Waals surface area contributed by atoms with Crippen molar-refractivity contribution in [2.75, 3.05) is 5.75 Å². The lowest BCUT2D eigenvalue weighted by Crippen LogP contribution is -2.20. The number of aliphatic hydroxyl groups excluding tert-OH is 2. The Morgan fingerprint density at radius 1 is 1.48 bits per heavy atom. The van der Waals surface area contributed by atoms with Gasteiger partial charge in [0.2, 0.25) is 0 Å². The average molecular weight is 317 g/mol. The van der Waals surface area contributed by atoms with Crippen molar-refractivity contribution in [3.8, 4) is 0 Å². The fraction of sp³-hybridized carbons (Fsp3) is 0.462. The molecule has 2 unspecified atom stereocenters. The highest BCUT2D eigenvalue weighted by atomic mass is 32.2. The zero-order valence-corrected chi connectivity index (χ0v) is 12.4. The molecule has 2 atom stereocenters. The van der Waals surface area contributed by atoms with Gasteiger partial charge in [0, 0.05) is 18.2 Å². The van der Waals surface area contributed by atoms with Crippen molar-refractivity contribution in [3.05, 3.63) is 39.2 Å². The third-order valence-electron chi connectivity index (χ3n) is 2.98. The number of carbonyl (C=O) groups excluding carboxylic acids is 1. The van der Waals surface area contributed by atoms with Crippen molar-refractivity contribution in [2.45, 2.75) is 32.5 Å². The predicted octanol–water partition coefficient (Wildman–Crippen LogP) is 2.11. The third-order valence-corrected chi connectivity index (χ3v) is 3.83. The highest BCUT2D eigenvalue weighted by molar-refractivity contribution is 8.13. The molecule has 0 amide bonds. The van der Waals surface area contributed by atoms with Gasteiger partial charge in [-0.3, -0.25) is 14.9 Å². The van der Waals surface area contributed by atoms with Crippen LogP contribution in [0.2, 0.25) is 0 Å². The van der Waals surface area contributed by atoms with Crippen LogP contribution >= 0.6 is 11.8 Å². The summed E-state index contributed by atoms with van der Waals surface area (Å²) in [6.07, 6.45) is -2.58. The fourth-order valence-corrected chi connectivity index (χ4v) is 2.52. The lowest BCUT2D eigenvalue weighted by Gasteiger charge is -2.19. The van der Waals surface area contributed by atoms with E-state index in [2.05, 4.69) is 0 Å². The molecule has 0 aliphatic heterocycles. The van der Waals surface area contributed by atoms with Crippen molar-refractivity contribution in [2.24, 2.45) is 0 Å². The van der Waals surface area contributed by atoms with Gasteiger partial charge in [0.15, 0.2) is 5.12 Å². The molecule has 116 valence electrons. The third kappa shape index (κ3) is 4.76. The van der Waals surface area contributed by atoms with Crippen LogP contribution in [0.25, 0.3) is 0 Å². The highest BCUT2D eigenvalue weighted by Crippen LogP contribution is 2.30. The molecule has 0 radical (unpaired) electrons. The molecular weight excluding hydrogens is 301 g/mol. The monoisotopic (exact) mass is 317 g/mol. The number of nitrogens with zero attached hydrogens (tertiary/aromatic N) is 1. The van der Waals surface area contributed by atoms with E-state index < -0.39 is 28.6 Å². The number of benzene rings is 1. The number of nitro groups is 1. The second kappa shape index (κ2) is 7.48. The number of hydrogen-bond donors (Lipinski definition) is 2. The summed E-state index contributed by atoms with van der Waals surface area (Å²) >= 11 is 0.995. The van der Waals surface area contributed by atoms with Gasteiger partial charge in [-0.15, -0.1) is 0 Å². The van der Waals surface area contributed by atoms with Crippen LogP contribution < -0.4 is 0 Å². The molecule has 0 saturated carbocycles. The first kappa shape index (κ1) is 17.5. The van der Waals surface area contributed by atoms with Crippen LogP contribution in [0.3, 0.4) is 0 Å². The molecular formula is C13H16FNO5S. The quantitative estimate of drug-likeness (QED) is 0.615. The largest absolute Gasteiger partial charge is 0.390 e.